The van der Waals surface area contributed by atoms with Crippen molar-refractivity contribution in [3.8, 4) is 27.6 Å². The molecular formula is C21H10BrClN5O4S+. The predicted molar refractivity (Wildman–Crippen MR) is 125 cm³/mol. The van der Waals surface area contributed by atoms with Gasteiger partial charge in [0.05, 0.1) is 17.5 Å². The van der Waals surface area contributed by atoms with Gasteiger partial charge < -0.3 is 4.42 Å². The molecule has 0 bridgehead atoms. The lowest BCUT2D eigenvalue weighted by atomic mass is 10.1. The van der Waals surface area contributed by atoms with E-state index in [4.69, 9.17) is 20.5 Å². The Kier molecular flexibility index (Phi) is 4.57. The number of hydrogen-bond donors (Lipinski definition) is 1. The van der Waals surface area contributed by atoms with E-state index in [1.54, 1.807) is 48.7 Å². The molecule has 0 aliphatic carbocycles. The second-order valence-corrected chi connectivity index (χ2v) is 9.34. The van der Waals surface area contributed by atoms with Crippen molar-refractivity contribution in [2.24, 2.45) is 0 Å². The minimum Gasteiger partial charge on any atom is -0.422 e. The van der Waals surface area contributed by atoms with Crippen LogP contribution in [0.4, 0.5) is 0 Å². The van der Waals surface area contributed by atoms with E-state index in [9.17, 15) is 9.59 Å². The lowest BCUT2D eigenvalue weighted by Crippen LogP contribution is -2.36. The quantitative estimate of drug-likeness (QED) is 0.265. The van der Waals surface area contributed by atoms with E-state index in [2.05, 4.69) is 31.3 Å². The summed E-state index contributed by atoms with van der Waals surface area (Å²) in [5.74, 6) is 0. The lowest BCUT2D eigenvalue weighted by Gasteiger charge is -2.00. The molecule has 0 saturated heterocycles. The van der Waals surface area contributed by atoms with E-state index in [1.165, 1.54) is 20.5 Å². The van der Waals surface area contributed by atoms with Crippen LogP contribution in [-0.2, 0) is 0 Å². The van der Waals surface area contributed by atoms with Crippen LogP contribution in [0.25, 0.3) is 43.6 Å². The van der Waals surface area contributed by atoms with Gasteiger partial charge in [0.25, 0.3) is 0 Å². The van der Waals surface area contributed by atoms with Crippen molar-refractivity contribution in [2.75, 3.05) is 0 Å². The third kappa shape index (κ3) is 3.41. The number of benzene rings is 2. The molecule has 0 saturated carbocycles. The Morgan fingerprint density at radius 3 is 2.70 bits per heavy atom. The van der Waals surface area contributed by atoms with Gasteiger partial charge in [-0.05, 0) is 46.4 Å². The average molecular weight is 544 g/mol. The molecule has 0 fully saturated rings. The topological polar surface area (TPSA) is 110 Å². The Balaban J connectivity index is 1.45. The van der Waals surface area contributed by atoms with Crippen LogP contribution >= 0.6 is 38.9 Å². The first-order valence-electron chi connectivity index (χ1n) is 9.46. The van der Waals surface area contributed by atoms with E-state index >= 15 is 0 Å². The highest BCUT2D eigenvalue weighted by Crippen LogP contribution is 2.27. The molecule has 6 aromatic rings. The Hall–Kier alpha value is -3.54. The van der Waals surface area contributed by atoms with E-state index in [0.717, 1.165) is 9.86 Å². The number of aromatic nitrogens is 5. The van der Waals surface area contributed by atoms with Crippen LogP contribution < -0.4 is 15.9 Å². The van der Waals surface area contributed by atoms with Crippen molar-refractivity contribution < 1.29 is 13.6 Å². The fourth-order valence-electron chi connectivity index (χ4n) is 3.43. The molecule has 0 amide bonds. The fourth-order valence-corrected chi connectivity index (χ4v) is 4.83. The summed E-state index contributed by atoms with van der Waals surface area (Å²) in [5.41, 5.74) is 1.00. The van der Waals surface area contributed by atoms with Crippen molar-refractivity contribution in [1.29, 1.82) is 0 Å². The Bertz CT molecular complexity index is 1770. The fraction of sp³-hybridized carbons (Fsp3) is 0. The van der Waals surface area contributed by atoms with Crippen LogP contribution in [0, 0.1) is 0 Å². The average Bonchev–Trinajstić information content (AvgIpc) is 3.47. The van der Waals surface area contributed by atoms with Gasteiger partial charge in [-0.1, -0.05) is 38.9 Å². The summed E-state index contributed by atoms with van der Waals surface area (Å²) in [5, 5.41) is 8.78. The molecule has 0 radical (unpaired) electrons. The molecule has 0 spiro atoms. The number of hydrogen-bond acceptors (Lipinski definition) is 7. The zero-order chi connectivity index (χ0) is 22.7. The van der Waals surface area contributed by atoms with Crippen LogP contribution in [-0.4, -0.2) is 19.9 Å². The second-order valence-electron chi connectivity index (χ2n) is 7.03. The van der Waals surface area contributed by atoms with Gasteiger partial charge in [-0.25, -0.2) is 19.1 Å². The smallest absolute Gasteiger partial charge is 0.422 e. The zero-order valence-electron chi connectivity index (χ0n) is 16.3. The molecular weight excluding hydrogens is 534 g/mol. The van der Waals surface area contributed by atoms with Crippen LogP contribution in [0.2, 0.25) is 5.02 Å². The van der Waals surface area contributed by atoms with Crippen LogP contribution in [0.1, 0.15) is 0 Å². The minimum atomic E-state index is -0.581. The first-order chi connectivity index (χ1) is 16.0. The maximum absolute atomic E-state index is 12.5. The van der Waals surface area contributed by atoms with Crippen molar-refractivity contribution in [2.45, 2.75) is 0 Å². The van der Waals surface area contributed by atoms with Gasteiger partial charge in [0, 0.05) is 27.0 Å². The number of nitrogens with one attached hydrogen (secondary N) is 1. The maximum Gasteiger partial charge on any atom is 0.438 e. The Morgan fingerprint density at radius 2 is 1.91 bits per heavy atom. The van der Waals surface area contributed by atoms with Crippen LogP contribution in [0.3, 0.4) is 0 Å². The lowest BCUT2D eigenvalue weighted by molar-refractivity contribution is -0.660. The standard InChI is InChI=1S/C21H9BrClN5O4S/c22-11-1-6-16-10(7-11)8-14(19(29)31-16)15-9-27-21(24-15)33-18(25-27)17-20(30)32-26-28(17)13-4-2-12(23)3-5-13/h1-9H/p+1. The molecule has 0 aliphatic heterocycles. The molecule has 4 heterocycles. The summed E-state index contributed by atoms with van der Waals surface area (Å²) in [7, 11) is 0. The van der Waals surface area contributed by atoms with Gasteiger partial charge in [-0.2, -0.15) is 0 Å². The van der Waals surface area contributed by atoms with Crippen molar-refractivity contribution in [3.63, 3.8) is 0 Å². The van der Waals surface area contributed by atoms with E-state index < -0.39 is 11.3 Å². The summed E-state index contributed by atoms with van der Waals surface area (Å²) in [6.45, 7) is 0. The number of fused-ring (bicyclic) bond motifs is 2. The summed E-state index contributed by atoms with van der Waals surface area (Å²) < 4.78 is 14.3. The SMILES string of the molecule is O=c1oc2ccc(Br)cc2cc1-c1cn2nc(-c3c(=O)o[nH][n+]3-c3ccc(Cl)cc3)sc2n1. The molecule has 9 nitrogen and oxygen atoms in total. The van der Waals surface area contributed by atoms with Gasteiger partial charge in [-0.15, -0.1) is 5.10 Å². The highest BCUT2D eigenvalue weighted by Gasteiger charge is 2.29. The summed E-state index contributed by atoms with van der Waals surface area (Å²) in [6.07, 6.45) is 1.62. The first-order valence-corrected chi connectivity index (χ1v) is 11.4. The summed E-state index contributed by atoms with van der Waals surface area (Å²) >= 11 is 10.6. The van der Waals surface area contributed by atoms with Gasteiger partial charge in [-0.3, -0.25) is 4.52 Å². The molecule has 2 aromatic carbocycles. The number of halogens is 2. The van der Waals surface area contributed by atoms with Crippen LogP contribution in [0.5, 0.6) is 0 Å². The van der Waals surface area contributed by atoms with Gasteiger partial charge in [0.1, 0.15) is 5.58 Å². The Labute approximate surface area is 200 Å². The molecule has 0 aliphatic rings. The number of aromatic amines is 1. The first kappa shape index (κ1) is 20.1. The summed E-state index contributed by atoms with van der Waals surface area (Å²) in [6, 6.07) is 14.0. The Morgan fingerprint density at radius 1 is 1.09 bits per heavy atom. The van der Waals surface area contributed by atoms with Gasteiger partial charge in [0.2, 0.25) is 15.7 Å². The molecule has 6 rings (SSSR count). The second kappa shape index (κ2) is 7.51. The number of H-pyrrole nitrogens is 1. The zero-order valence-corrected chi connectivity index (χ0v) is 19.4. The van der Waals surface area contributed by atoms with Gasteiger partial charge >= 0.3 is 16.9 Å². The van der Waals surface area contributed by atoms with Crippen LogP contribution in [0.15, 0.2) is 77.7 Å². The molecule has 0 unspecified atom stereocenters. The molecule has 4 aromatic heterocycles. The highest BCUT2D eigenvalue weighted by atomic mass is 79.9. The monoisotopic (exact) mass is 542 g/mol. The summed E-state index contributed by atoms with van der Waals surface area (Å²) in [4.78, 5) is 29.9. The minimum absolute atomic E-state index is 0.212. The van der Waals surface area contributed by atoms with Crippen molar-refractivity contribution in [3.05, 3.63) is 85.1 Å². The molecule has 0 atom stereocenters. The van der Waals surface area contributed by atoms with Crippen molar-refractivity contribution >= 4 is 54.8 Å². The predicted octanol–water partition coefficient (Wildman–Crippen LogP) is 4.21. The van der Waals surface area contributed by atoms with E-state index in [1.807, 2.05) is 6.07 Å². The van der Waals surface area contributed by atoms with E-state index in [-0.39, 0.29) is 5.69 Å². The maximum atomic E-state index is 12.5. The van der Waals surface area contributed by atoms with E-state index in [0.29, 0.717) is 37.5 Å². The normalized spacial score (nSPS) is 11.6. The number of imidazole rings is 1. The largest absolute Gasteiger partial charge is 0.438 e. The number of nitrogens with zero attached hydrogens (tertiary/aromatic N) is 4. The molecule has 33 heavy (non-hydrogen) atoms. The highest BCUT2D eigenvalue weighted by molar-refractivity contribution is 9.10. The third-order valence-corrected chi connectivity index (χ3v) is 6.62. The molecule has 12 heteroatoms. The molecule has 162 valence electrons. The molecule has 1 N–H and O–H groups in total. The third-order valence-electron chi connectivity index (χ3n) is 4.95. The van der Waals surface area contributed by atoms with Crippen molar-refractivity contribution in [1.82, 2.24) is 19.9 Å². The number of rotatable bonds is 3. The van der Waals surface area contributed by atoms with Gasteiger partial charge in [0.15, 0.2) is 0 Å².